The number of halogens is 3. The van der Waals surface area contributed by atoms with Crippen LogP contribution in [0.2, 0.25) is 0 Å². The molecule has 0 aromatic heterocycles. The molecule has 154 valence electrons. The van der Waals surface area contributed by atoms with E-state index in [2.05, 4.69) is 5.32 Å². The molecule has 0 bridgehead atoms. The lowest BCUT2D eigenvalue weighted by atomic mass is 9.90. The van der Waals surface area contributed by atoms with Gasteiger partial charge in [0.15, 0.2) is 0 Å². The Labute approximate surface area is 167 Å². The topological polar surface area (TPSA) is 49.4 Å². The zero-order chi connectivity index (χ0) is 21.0. The third-order valence-corrected chi connectivity index (χ3v) is 5.11. The second-order valence-electron chi connectivity index (χ2n) is 7.10. The molecule has 0 spiro atoms. The molecule has 0 heterocycles. The van der Waals surface area contributed by atoms with Crippen LogP contribution in [0.15, 0.2) is 42.5 Å². The molecule has 0 atom stereocenters. The number of alkyl halides is 3. The summed E-state index contributed by atoms with van der Waals surface area (Å²) in [5.41, 5.74) is 1.66. The number of likely N-dealkylation sites (N-methyl/N-ethyl adjacent to an activating group) is 1. The fourth-order valence-electron chi connectivity index (χ4n) is 3.58. The second-order valence-corrected chi connectivity index (χ2v) is 7.10. The molecular weight excluding hydrogens is 381 g/mol. The molecule has 29 heavy (non-hydrogen) atoms. The first kappa shape index (κ1) is 20.9. The van der Waals surface area contributed by atoms with E-state index in [1.807, 2.05) is 12.1 Å². The smallest absolute Gasteiger partial charge is 0.330 e. The van der Waals surface area contributed by atoms with E-state index >= 15 is 0 Å². The average Bonchev–Trinajstić information content (AvgIpc) is 2.70. The molecule has 1 N–H and O–H groups in total. The van der Waals surface area contributed by atoms with Gasteiger partial charge in [0.25, 0.3) is 5.91 Å². The molecule has 0 fully saturated rings. The van der Waals surface area contributed by atoms with Gasteiger partial charge in [0.2, 0.25) is 5.91 Å². The fourth-order valence-corrected chi connectivity index (χ4v) is 3.58. The van der Waals surface area contributed by atoms with E-state index in [1.54, 1.807) is 13.0 Å². The molecule has 0 saturated heterocycles. The number of aryl methyl sites for hydroxylation is 2. The first-order valence-corrected chi connectivity index (χ1v) is 9.66. The maximum absolute atomic E-state index is 13.1. The number of benzene rings is 2. The summed E-state index contributed by atoms with van der Waals surface area (Å²) in [5, 5.41) is 2.29. The third kappa shape index (κ3) is 4.96. The van der Waals surface area contributed by atoms with Crippen molar-refractivity contribution in [2.45, 2.75) is 38.8 Å². The van der Waals surface area contributed by atoms with Crippen molar-refractivity contribution in [1.29, 1.82) is 0 Å². The summed E-state index contributed by atoms with van der Waals surface area (Å²) < 4.78 is 39.3. The summed E-state index contributed by atoms with van der Waals surface area (Å²) in [7, 11) is 0. The lowest BCUT2D eigenvalue weighted by Gasteiger charge is -2.22. The molecule has 3 rings (SSSR count). The van der Waals surface area contributed by atoms with E-state index in [-0.39, 0.29) is 24.7 Å². The van der Waals surface area contributed by atoms with Gasteiger partial charge in [-0.3, -0.25) is 9.59 Å². The van der Waals surface area contributed by atoms with Crippen molar-refractivity contribution in [3.63, 3.8) is 0 Å². The number of para-hydroxylation sites is 1. The van der Waals surface area contributed by atoms with Crippen molar-refractivity contribution < 1.29 is 22.8 Å². The van der Waals surface area contributed by atoms with E-state index in [0.717, 1.165) is 37.3 Å². The monoisotopic (exact) mass is 404 g/mol. The van der Waals surface area contributed by atoms with Gasteiger partial charge in [-0.15, -0.1) is 0 Å². The van der Waals surface area contributed by atoms with Gasteiger partial charge in [-0.05, 0) is 68.0 Å². The van der Waals surface area contributed by atoms with E-state index in [9.17, 15) is 22.8 Å². The number of carbonyl (C=O) groups is 2. The Kier molecular flexibility index (Phi) is 6.25. The van der Waals surface area contributed by atoms with Gasteiger partial charge in [0.05, 0.1) is 11.3 Å². The van der Waals surface area contributed by atoms with Gasteiger partial charge in [-0.2, -0.15) is 13.2 Å². The predicted octanol–water partition coefficient (Wildman–Crippen LogP) is 4.69. The lowest BCUT2D eigenvalue weighted by molar-refractivity contribution is -0.137. The Balaban J connectivity index is 1.71. The molecule has 2 aromatic carbocycles. The average molecular weight is 404 g/mol. The number of hydrogen-bond acceptors (Lipinski definition) is 2. The van der Waals surface area contributed by atoms with Crippen LogP contribution in [0.4, 0.5) is 18.9 Å². The highest BCUT2D eigenvalue weighted by Crippen LogP contribution is 2.34. The zero-order valence-corrected chi connectivity index (χ0v) is 16.2. The van der Waals surface area contributed by atoms with Gasteiger partial charge in [0.1, 0.15) is 6.54 Å². The predicted molar refractivity (Wildman–Crippen MR) is 105 cm³/mol. The number of rotatable bonds is 5. The SMILES string of the molecule is CCN(CC(=O)Nc1ccccc1C(F)(F)F)C(=O)c1ccc2c(c1)CCCC2. The molecule has 0 radical (unpaired) electrons. The van der Waals surface area contributed by atoms with Crippen LogP contribution in [0.25, 0.3) is 0 Å². The molecule has 1 aliphatic rings. The first-order valence-electron chi connectivity index (χ1n) is 9.66. The first-order chi connectivity index (χ1) is 13.8. The van der Waals surface area contributed by atoms with Crippen LogP contribution >= 0.6 is 0 Å². The maximum atomic E-state index is 13.1. The van der Waals surface area contributed by atoms with Crippen molar-refractivity contribution >= 4 is 17.5 Å². The van der Waals surface area contributed by atoms with Crippen LogP contribution in [-0.4, -0.2) is 29.8 Å². The van der Waals surface area contributed by atoms with Crippen LogP contribution in [0, 0.1) is 0 Å². The summed E-state index contributed by atoms with van der Waals surface area (Å²) in [6.07, 6.45) is -0.420. The highest BCUT2D eigenvalue weighted by Gasteiger charge is 2.33. The van der Waals surface area contributed by atoms with E-state index in [1.165, 1.54) is 28.7 Å². The van der Waals surface area contributed by atoms with Gasteiger partial charge in [0, 0.05) is 12.1 Å². The Morgan fingerprint density at radius 1 is 1.03 bits per heavy atom. The largest absolute Gasteiger partial charge is 0.418 e. The summed E-state index contributed by atoms with van der Waals surface area (Å²) in [4.78, 5) is 26.5. The molecule has 0 unspecified atom stereocenters. The van der Waals surface area contributed by atoms with Crippen molar-refractivity contribution in [3.05, 3.63) is 64.7 Å². The molecule has 0 saturated carbocycles. The van der Waals surface area contributed by atoms with Crippen LogP contribution < -0.4 is 5.32 Å². The number of fused-ring (bicyclic) bond motifs is 1. The molecule has 2 amide bonds. The molecular formula is C22H23F3N2O2. The number of anilines is 1. The van der Waals surface area contributed by atoms with E-state index in [4.69, 9.17) is 0 Å². The number of nitrogens with zero attached hydrogens (tertiary/aromatic N) is 1. The van der Waals surface area contributed by atoms with Gasteiger partial charge >= 0.3 is 6.18 Å². The Bertz CT molecular complexity index is 909. The molecule has 0 aliphatic heterocycles. The minimum absolute atomic E-state index is 0.268. The van der Waals surface area contributed by atoms with Crippen molar-refractivity contribution in [1.82, 2.24) is 4.90 Å². The maximum Gasteiger partial charge on any atom is 0.418 e. The summed E-state index contributed by atoms with van der Waals surface area (Å²) in [6, 6.07) is 10.4. The number of hydrogen-bond donors (Lipinski definition) is 1. The second kappa shape index (κ2) is 8.68. The van der Waals surface area contributed by atoms with E-state index < -0.39 is 17.6 Å². The van der Waals surface area contributed by atoms with Crippen LogP contribution in [-0.2, 0) is 23.8 Å². The van der Waals surface area contributed by atoms with Crippen LogP contribution in [0.3, 0.4) is 0 Å². The minimum Gasteiger partial charge on any atom is -0.330 e. The highest BCUT2D eigenvalue weighted by molar-refractivity contribution is 5.99. The van der Waals surface area contributed by atoms with E-state index in [0.29, 0.717) is 5.56 Å². The number of amides is 2. The van der Waals surface area contributed by atoms with Crippen molar-refractivity contribution in [2.24, 2.45) is 0 Å². The normalized spacial score (nSPS) is 13.5. The summed E-state index contributed by atoms with van der Waals surface area (Å²) in [6.45, 7) is 1.68. The summed E-state index contributed by atoms with van der Waals surface area (Å²) >= 11 is 0. The van der Waals surface area contributed by atoms with Crippen molar-refractivity contribution in [2.75, 3.05) is 18.4 Å². The molecule has 7 heteroatoms. The summed E-state index contributed by atoms with van der Waals surface area (Å²) in [5.74, 6) is -0.977. The van der Waals surface area contributed by atoms with Crippen molar-refractivity contribution in [3.8, 4) is 0 Å². The highest BCUT2D eigenvalue weighted by atomic mass is 19.4. The quantitative estimate of drug-likeness (QED) is 0.786. The Morgan fingerprint density at radius 2 is 1.72 bits per heavy atom. The Hall–Kier alpha value is -2.83. The number of carbonyl (C=O) groups excluding carboxylic acids is 2. The minimum atomic E-state index is -4.58. The van der Waals surface area contributed by atoms with Gasteiger partial charge < -0.3 is 10.2 Å². The molecule has 1 aliphatic carbocycles. The third-order valence-electron chi connectivity index (χ3n) is 5.11. The standard InChI is InChI=1S/C22H23F3N2O2/c1-2-27(21(29)17-12-11-15-7-3-4-8-16(15)13-17)14-20(28)26-19-10-6-5-9-18(19)22(23,24)25/h5-6,9-13H,2-4,7-8,14H2,1H3,(H,26,28). The zero-order valence-electron chi connectivity index (χ0n) is 16.2. The van der Waals surface area contributed by atoms with Crippen LogP contribution in [0.5, 0.6) is 0 Å². The Morgan fingerprint density at radius 3 is 2.41 bits per heavy atom. The lowest BCUT2D eigenvalue weighted by Crippen LogP contribution is -2.38. The molecule has 2 aromatic rings. The fraction of sp³-hybridized carbons (Fsp3) is 0.364. The van der Waals surface area contributed by atoms with Gasteiger partial charge in [-0.25, -0.2) is 0 Å². The molecule has 4 nitrogen and oxygen atoms in total. The van der Waals surface area contributed by atoms with Gasteiger partial charge in [-0.1, -0.05) is 18.2 Å². The van der Waals surface area contributed by atoms with Crippen LogP contribution in [0.1, 0.15) is 46.8 Å². The number of nitrogens with one attached hydrogen (secondary N) is 1.